The summed E-state index contributed by atoms with van der Waals surface area (Å²) in [4.78, 5) is 1.93. The van der Waals surface area contributed by atoms with Crippen molar-refractivity contribution in [2.45, 2.75) is 18.9 Å². The minimum Gasteiger partial charge on any atom is -0.384 e. The van der Waals surface area contributed by atoms with E-state index in [0.717, 1.165) is 12.8 Å². The lowest BCUT2D eigenvalue weighted by atomic mass is 10.1. The monoisotopic (exact) mass is 285 g/mol. The summed E-state index contributed by atoms with van der Waals surface area (Å²) >= 11 is 3.15. The maximum atomic E-state index is 14.0. The molecule has 1 aromatic carbocycles. The number of nitrogen functional groups attached to an aromatic ring is 1. The first kappa shape index (κ1) is 11.4. The molecule has 0 aromatic heterocycles. The second-order valence-corrected chi connectivity index (χ2v) is 4.81. The van der Waals surface area contributed by atoms with Crippen molar-refractivity contribution in [3.63, 3.8) is 0 Å². The number of halogens is 2. The largest absolute Gasteiger partial charge is 0.384 e. The summed E-state index contributed by atoms with van der Waals surface area (Å²) < 4.78 is 14.3. The fourth-order valence-electron chi connectivity index (χ4n) is 1.68. The van der Waals surface area contributed by atoms with Crippen LogP contribution in [0, 0.1) is 11.2 Å². The smallest absolute Gasteiger partial charge is 0.161 e. The van der Waals surface area contributed by atoms with Crippen LogP contribution < -0.4 is 10.6 Å². The van der Waals surface area contributed by atoms with E-state index in [2.05, 4.69) is 15.9 Å². The molecule has 0 unspecified atom stereocenters. The third-order valence-electron chi connectivity index (χ3n) is 2.83. The van der Waals surface area contributed by atoms with Gasteiger partial charge in [0.1, 0.15) is 5.84 Å². The summed E-state index contributed by atoms with van der Waals surface area (Å²) in [6.07, 6.45) is 2.23. The number of amidine groups is 1. The molecule has 2 rings (SSSR count). The number of rotatable bonds is 3. The van der Waals surface area contributed by atoms with Crippen LogP contribution in [0.3, 0.4) is 0 Å². The quantitative estimate of drug-likeness (QED) is 0.662. The Kier molecular flexibility index (Phi) is 2.88. The first-order valence-electron chi connectivity index (χ1n) is 5.07. The van der Waals surface area contributed by atoms with Gasteiger partial charge in [-0.05, 0) is 40.9 Å². The molecule has 0 amide bonds. The third-order valence-corrected chi connectivity index (χ3v) is 3.60. The molecule has 1 saturated carbocycles. The number of benzene rings is 1. The van der Waals surface area contributed by atoms with Gasteiger partial charge in [-0.2, -0.15) is 0 Å². The van der Waals surface area contributed by atoms with E-state index >= 15 is 0 Å². The van der Waals surface area contributed by atoms with Crippen molar-refractivity contribution >= 4 is 27.5 Å². The van der Waals surface area contributed by atoms with Crippen LogP contribution in [-0.2, 0) is 0 Å². The van der Waals surface area contributed by atoms with Crippen molar-refractivity contribution < 1.29 is 4.39 Å². The molecule has 1 aliphatic carbocycles. The van der Waals surface area contributed by atoms with Gasteiger partial charge in [-0.25, -0.2) is 4.39 Å². The Balaban J connectivity index is 2.41. The highest BCUT2D eigenvalue weighted by atomic mass is 79.9. The Morgan fingerprint density at radius 2 is 2.19 bits per heavy atom. The molecule has 1 aromatic rings. The van der Waals surface area contributed by atoms with Gasteiger partial charge >= 0.3 is 0 Å². The molecule has 0 aliphatic heterocycles. The highest BCUT2D eigenvalue weighted by molar-refractivity contribution is 9.10. The predicted molar refractivity (Wildman–Crippen MR) is 66.5 cm³/mol. The molecule has 0 heterocycles. The Labute approximate surface area is 102 Å². The zero-order valence-corrected chi connectivity index (χ0v) is 10.5. The van der Waals surface area contributed by atoms with E-state index in [-0.39, 0.29) is 16.1 Å². The first-order valence-corrected chi connectivity index (χ1v) is 5.87. The molecule has 0 radical (unpaired) electrons. The van der Waals surface area contributed by atoms with Crippen LogP contribution in [0.1, 0.15) is 18.4 Å². The van der Waals surface area contributed by atoms with E-state index in [1.165, 1.54) is 0 Å². The van der Waals surface area contributed by atoms with Crippen molar-refractivity contribution in [1.82, 2.24) is 0 Å². The van der Waals surface area contributed by atoms with Gasteiger partial charge in [0.25, 0.3) is 0 Å². The van der Waals surface area contributed by atoms with E-state index in [4.69, 9.17) is 11.1 Å². The Bertz CT molecular complexity index is 443. The van der Waals surface area contributed by atoms with E-state index in [9.17, 15) is 4.39 Å². The average Bonchev–Trinajstić information content (AvgIpc) is 3.04. The zero-order valence-electron chi connectivity index (χ0n) is 8.93. The molecule has 0 spiro atoms. The normalized spacial score (nSPS) is 14.9. The van der Waals surface area contributed by atoms with Crippen LogP contribution in [0.15, 0.2) is 16.6 Å². The first-order chi connectivity index (χ1) is 7.52. The van der Waals surface area contributed by atoms with Crippen molar-refractivity contribution in [2.24, 2.45) is 5.73 Å². The molecular weight excluding hydrogens is 273 g/mol. The lowest BCUT2D eigenvalue weighted by molar-refractivity contribution is 0.615. The lowest BCUT2D eigenvalue weighted by Crippen LogP contribution is -2.21. The standard InChI is InChI=1S/C11H13BrFN3/c1-16(6-2-3-6)8-5-4-7(11(14)15)9(12)10(8)13/h4-6H,2-3H2,1H3,(H3,14,15). The molecule has 3 nitrogen and oxygen atoms in total. The van der Waals surface area contributed by atoms with Crippen LogP contribution in [0.5, 0.6) is 0 Å². The second-order valence-electron chi connectivity index (χ2n) is 4.02. The van der Waals surface area contributed by atoms with Crippen molar-refractivity contribution in [2.75, 3.05) is 11.9 Å². The molecule has 0 atom stereocenters. The molecule has 16 heavy (non-hydrogen) atoms. The summed E-state index contributed by atoms with van der Waals surface area (Å²) in [5.41, 5.74) is 6.30. The predicted octanol–water partition coefficient (Wildman–Crippen LogP) is 2.47. The SMILES string of the molecule is CN(c1ccc(C(=N)N)c(Br)c1F)C1CC1. The van der Waals surface area contributed by atoms with Crippen molar-refractivity contribution in [3.05, 3.63) is 28.0 Å². The lowest BCUT2D eigenvalue weighted by Gasteiger charge is -2.20. The molecule has 0 saturated heterocycles. The molecule has 86 valence electrons. The number of hydrogen-bond donors (Lipinski definition) is 2. The van der Waals surface area contributed by atoms with Crippen LogP contribution in [0.25, 0.3) is 0 Å². The van der Waals surface area contributed by atoms with Crippen LogP contribution >= 0.6 is 15.9 Å². The zero-order chi connectivity index (χ0) is 11.9. The van der Waals surface area contributed by atoms with Gasteiger partial charge in [0, 0.05) is 18.7 Å². The van der Waals surface area contributed by atoms with E-state index in [1.54, 1.807) is 12.1 Å². The van der Waals surface area contributed by atoms with E-state index in [1.807, 2.05) is 11.9 Å². The highest BCUT2D eigenvalue weighted by Crippen LogP contribution is 2.35. The van der Waals surface area contributed by atoms with Gasteiger partial charge in [-0.1, -0.05) is 0 Å². The van der Waals surface area contributed by atoms with Gasteiger partial charge < -0.3 is 10.6 Å². The molecule has 0 bridgehead atoms. The Morgan fingerprint density at radius 3 is 2.69 bits per heavy atom. The number of nitrogens with one attached hydrogen (secondary N) is 1. The Hall–Kier alpha value is -1.10. The average molecular weight is 286 g/mol. The van der Waals surface area contributed by atoms with Crippen molar-refractivity contribution in [1.29, 1.82) is 5.41 Å². The third kappa shape index (κ3) is 1.91. The minimum atomic E-state index is -0.345. The van der Waals surface area contributed by atoms with E-state index < -0.39 is 0 Å². The van der Waals surface area contributed by atoms with Crippen LogP contribution in [0.2, 0.25) is 0 Å². The molecule has 5 heteroatoms. The molecular formula is C11H13BrFN3. The fraction of sp³-hybridized carbons (Fsp3) is 0.364. The molecule has 1 fully saturated rings. The summed E-state index contributed by atoms with van der Waals surface area (Å²) in [6, 6.07) is 3.79. The topological polar surface area (TPSA) is 53.1 Å². The summed E-state index contributed by atoms with van der Waals surface area (Å²) in [5, 5.41) is 7.32. The van der Waals surface area contributed by atoms with Crippen LogP contribution in [-0.4, -0.2) is 18.9 Å². The second kappa shape index (κ2) is 4.05. The van der Waals surface area contributed by atoms with Crippen LogP contribution in [0.4, 0.5) is 10.1 Å². The number of nitrogens with two attached hydrogens (primary N) is 1. The number of anilines is 1. The summed E-state index contributed by atoms with van der Waals surface area (Å²) in [5.74, 6) is -0.478. The highest BCUT2D eigenvalue weighted by Gasteiger charge is 2.28. The molecule has 1 aliphatic rings. The minimum absolute atomic E-state index is 0.133. The van der Waals surface area contributed by atoms with Gasteiger partial charge in [0.15, 0.2) is 5.82 Å². The molecule has 3 N–H and O–H groups in total. The Morgan fingerprint density at radius 1 is 1.56 bits per heavy atom. The van der Waals surface area contributed by atoms with Gasteiger partial charge in [0.05, 0.1) is 10.2 Å². The summed E-state index contributed by atoms with van der Waals surface area (Å²) in [6.45, 7) is 0. The number of nitrogens with zero attached hydrogens (tertiary/aromatic N) is 1. The fourth-order valence-corrected chi connectivity index (χ4v) is 2.23. The summed E-state index contributed by atoms with van der Waals surface area (Å²) in [7, 11) is 1.88. The maximum absolute atomic E-state index is 14.0. The van der Waals surface area contributed by atoms with Gasteiger partial charge in [-0.15, -0.1) is 0 Å². The maximum Gasteiger partial charge on any atom is 0.161 e. The van der Waals surface area contributed by atoms with Gasteiger partial charge in [0.2, 0.25) is 0 Å². The van der Waals surface area contributed by atoms with Gasteiger partial charge in [-0.3, -0.25) is 5.41 Å². The number of hydrogen-bond acceptors (Lipinski definition) is 2. The van der Waals surface area contributed by atoms with E-state index in [0.29, 0.717) is 17.3 Å². The van der Waals surface area contributed by atoms with Crippen molar-refractivity contribution in [3.8, 4) is 0 Å².